The first-order valence-electron chi connectivity index (χ1n) is 5.42. The Morgan fingerprint density at radius 2 is 2.05 bits per heavy atom. The molecule has 0 radical (unpaired) electrons. The van der Waals surface area contributed by atoms with Crippen LogP contribution in [0.4, 0.5) is 22.0 Å². The molecule has 2 aliphatic rings. The normalized spacial score (nSPS) is 25.6. The first kappa shape index (κ1) is 14.7. The molecule has 1 fully saturated rings. The van der Waals surface area contributed by atoms with E-state index in [1.54, 1.807) is 0 Å². The number of nitrogens with zero attached hydrogens (tertiary/aromatic N) is 2. The van der Waals surface area contributed by atoms with Gasteiger partial charge in [-0.15, -0.1) is 0 Å². The summed E-state index contributed by atoms with van der Waals surface area (Å²) in [6.45, 7) is -1.01. The summed E-state index contributed by atoms with van der Waals surface area (Å²) in [7, 11) is 0. The molecule has 0 spiro atoms. The first-order chi connectivity index (χ1) is 8.64. The van der Waals surface area contributed by atoms with Gasteiger partial charge in [0.2, 0.25) is 0 Å². The smallest absolute Gasteiger partial charge is 0.435 e. The van der Waals surface area contributed by atoms with E-state index in [1.807, 2.05) is 0 Å². The molecular formula is C11H11F5N2O2. The second-order valence-corrected chi connectivity index (χ2v) is 4.73. The lowest BCUT2D eigenvalue weighted by atomic mass is 10.1. The van der Waals surface area contributed by atoms with Crippen molar-refractivity contribution in [3.05, 3.63) is 17.0 Å². The van der Waals surface area contributed by atoms with E-state index in [2.05, 4.69) is 5.10 Å². The number of rotatable bonds is 2. The molecule has 1 saturated carbocycles. The van der Waals surface area contributed by atoms with Gasteiger partial charge in [0.1, 0.15) is 12.2 Å². The number of aliphatic carboxylic acids is 1. The molecule has 0 amide bonds. The van der Waals surface area contributed by atoms with Crippen molar-refractivity contribution in [2.45, 2.75) is 38.4 Å². The van der Waals surface area contributed by atoms with Gasteiger partial charge >= 0.3 is 12.1 Å². The lowest BCUT2D eigenvalue weighted by Gasteiger charge is -2.14. The van der Waals surface area contributed by atoms with Crippen LogP contribution in [0.25, 0.3) is 0 Å². The Bertz CT molecular complexity index is 578. The predicted molar refractivity (Wildman–Crippen MR) is 56.3 cm³/mol. The fraction of sp³-hybridized carbons (Fsp3) is 0.636. The Balaban J connectivity index is 0.00000147. The van der Waals surface area contributed by atoms with Crippen LogP contribution in [0, 0.1) is 5.92 Å². The van der Waals surface area contributed by atoms with E-state index < -0.39 is 53.4 Å². The van der Waals surface area contributed by atoms with Gasteiger partial charge in [0, 0.05) is 11.5 Å². The Labute approximate surface area is 110 Å². The minimum absolute atomic E-state index is 0. The molecule has 0 bridgehead atoms. The molecule has 0 aromatic carbocycles. The van der Waals surface area contributed by atoms with Gasteiger partial charge in [-0.2, -0.15) is 27.1 Å². The van der Waals surface area contributed by atoms with Gasteiger partial charge < -0.3 is 5.11 Å². The fourth-order valence-electron chi connectivity index (χ4n) is 2.72. The summed E-state index contributed by atoms with van der Waals surface area (Å²) < 4.78 is 66.3. The van der Waals surface area contributed by atoms with Crippen molar-refractivity contribution in [3.63, 3.8) is 0 Å². The number of fused-ring (bicyclic) bond motifs is 3. The van der Waals surface area contributed by atoms with Crippen molar-refractivity contribution in [2.75, 3.05) is 0 Å². The number of carbonyl (C=O) groups is 1. The Kier molecular flexibility index (Phi) is 2.89. The van der Waals surface area contributed by atoms with Crippen LogP contribution >= 0.6 is 0 Å². The third-order valence-corrected chi connectivity index (χ3v) is 3.49. The van der Waals surface area contributed by atoms with Gasteiger partial charge in [0.15, 0.2) is 5.69 Å². The van der Waals surface area contributed by atoms with Crippen molar-refractivity contribution in [3.8, 4) is 0 Å². The molecule has 20 heavy (non-hydrogen) atoms. The van der Waals surface area contributed by atoms with Crippen LogP contribution in [-0.2, 0) is 23.4 Å². The van der Waals surface area contributed by atoms with Crippen LogP contribution in [0.5, 0.6) is 0 Å². The standard InChI is InChI=1S/C10H7F5N2O2.CH4/c11-9(12)4-1-3(4)6-7(10(13,14)15)16-17(8(6)9)2-5(18)19;/h3-4H,1-2H2,(H,18,19);1H4. The molecule has 1 N–H and O–H groups in total. The Morgan fingerprint density at radius 1 is 1.45 bits per heavy atom. The van der Waals surface area contributed by atoms with Crippen LogP contribution in [0.2, 0.25) is 0 Å². The third kappa shape index (κ3) is 1.79. The fourth-order valence-corrected chi connectivity index (χ4v) is 2.72. The summed E-state index contributed by atoms with van der Waals surface area (Å²) >= 11 is 0. The summed E-state index contributed by atoms with van der Waals surface area (Å²) in [4.78, 5) is 10.5. The largest absolute Gasteiger partial charge is 0.480 e. The zero-order chi connectivity index (χ0) is 14.2. The van der Waals surface area contributed by atoms with Crippen molar-refractivity contribution in [2.24, 2.45) is 5.92 Å². The van der Waals surface area contributed by atoms with Crippen LogP contribution in [0.1, 0.15) is 36.7 Å². The highest BCUT2D eigenvalue weighted by molar-refractivity contribution is 5.67. The lowest BCUT2D eigenvalue weighted by molar-refractivity contribution is -0.143. The van der Waals surface area contributed by atoms with Gasteiger partial charge in [-0.05, 0) is 12.3 Å². The molecule has 0 aliphatic heterocycles. The van der Waals surface area contributed by atoms with E-state index >= 15 is 0 Å². The number of hydrogen-bond donors (Lipinski definition) is 1. The molecule has 1 aromatic heterocycles. The summed E-state index contributed by atoms with van der Waals surface area (Å²) in [5.74, 6) is -6.97. The van der Waals surface area contributed by atoms with Gasteiger partial charge in [-0.25, -0.2) is 0 Å². The summed E-state index contributed by atoms with van der Waals surface area (Å²) in [6, 6.07) is 0. The maximum absolute atomic E-state index is 13.9. The summed E-state index contributed by atoms with van der Waals surface area (Å²) in [5.41, 5.74) is -2.79. The second-order valence-electron chi connectivity index (χ2n) is 4.73. The first-order valence-corrected chi connectivity index (χ1v) is 5.42. The van der Waals surface area contributed by atoms with Crippen molar-refractivity contribution < 1.29 is 31.9 Å². The molecular weight excluding hydrogens is 287 g/mol. The van der Waals surface area contributed by atoms with Gasteiger partial charge in [-0.1, -0.05) is 7.43 Å². The molecule has 0 saturated heterocycles. The number of carboxylic acids is 1. The van der Waals surface area contributed by atoms with Crippen LogP contribution in [-0.4, -0.2) is 20.9 Å². The number of halogens is 5. The molecule has 9 heteroatoms. The van der Waals surface area contributed by atoms with Crippen LogP contribution in [0.15, 0.2) is 0 Å². The van der Waals surface area contributed by atoms with Crippen molar-refractivity contribution in [1.82, 2.24) is 9.78 Å². The van der Waals surface area contributed by atoms with Gasteiger partial charge in [0.05, 0.1) is 0 Å². The number of carboxylic acid groups (broad SMARTS) is 1. The Morgan fingerprint density at radius 3 is 2.55 bits per heavy atom. The number of alkyl halides is 5. The van der Waals surface area contributed by atoms with Crippen molar-refractivity contribution in [1.29, 1.82) is 0 Å². The highest BCUT2D eigenvalue weighted by Crippen LogP contribution is 2.68. The lowest BCUT2D eigenvalue weighted by Crippen LogP contribution is -2.22. The molecule has 1 heterocycles. The minimum atomic E-state index is -4.86. The topological polar surface area (TPSA) is 55.1 Å². The summed E-state index contributed by atoms with van der Waals surface area (Å²) in [5, 5.41) is 11.6. The molecule has 2 aliphatic carbocycles. The zero-order valence-electron chi connectivity index (χ0n) is 9.21. The van der Waals surface area contributed by atoms with Gasteiger partial charge in [-0.3, -0.25) is 9.48 Å². The second kappa shape index (κ2) is 3.92. The predicted octanol–water partition coefficient (Wildman–Crippen LogP) is 2.83. The maximum Gasteiger partial charge on any atom is 0.435 e. The van der Waals surface area contributed by atoms with E-state index in [0.717, 1.165) is 0 Å². The van der Waals surface area contributed by atoms with E-state index in [-0.39, 0.29) is 18.5 Å². The SMILES string of the molecule is C.O=C(O)Cn1nc(C(F)(F)F)c2c1C(F)(F)C1CC21. The average Bonchev–Trinajstić information content (AvgIpc) is 2.87. The Hall–Kier alpha value is -1.67. The zero-order valence-corrected chi connectivity index (χ0v) is 9.21. The van der Waals surface area contributed by atoms with Gasteiger partial charge in [0.25, 0.3) is 5.92 Å². The highest BCUT2D eigenvalue weighted by atomic mass is 19.4. The molecule has 1 aromatic rings. The average molecular weight is 298 g/mol. The summed E-state index contributed by atoms with van der Waals surface area (Å²) in [6.07, 6.45) is -4.87. The van der Waals surface area contributed by atoms with Crippen LogP contribution in [0.3, 0.4) is 0 Å². The third-order valence-electron chi connectivity index (χ3n) is 3.49. The highest BCUT2D eigenvalue weighted by Gasteiger charge is 2.68. The van der Waals surface area contributed by atoms with E-state index in [0.29, 0.717) is 0 Å². The molecule has 112 valence electrons. The number of hydrogen-bond acceptors (Lipinski definition) is 2. The van der Waals surface area contributed by atoms with E-state index in [9.17, 15) is 26.7 Å². The van der Waals surface area contributed by atoms with Crippen LogP contribution < -0.4 is 0 Å². The molecule has 4 nitrogen and oxygen atoms in total. The monoisotopic (exact) mass is 298 g/mol. The van der Waals surface area contributed by atoms with E-state index in [1.165, 1.54) is 0 Å². The van der Waals surface area contributed by atoms with E-state index in [4.69, 9.17) is 5.11 Å². The molecule has 2 atom stereocenters. The minimum Gasteiger partial charge on any atom is -0.480 e. The molecule has 2 unspecified atom stereocenters. The molecule has 3 rings (SSSR count). The van der Waals surface area contributed by atoms with Crippen molar-refractivity contribution >= 4 is 5.97 Å². The quantitative estimate of drug-likeness (QED) is 0.854. The number of aromatic nitrogens is 2. The maximum atomic E-state index is 13.9.